The summed E-state index contributed by atoms with van der Waals surface area (Å²) in [6.45, 7) is 2.19. The van der Waals surface area contributed by atoms with Gasteiger partial charge in [0, 0.05) is 29.7 Å². The molecule has 1 fully saturated rings. The van der Waals surface area contributed by atoms with Crippen molar-refractivity contribution in [1.29, 1.82) is 0 Å². The van der Waals surface area contributed by atoms with Gasteiger partial charge in [-0.05, 0) is 25.1 Å². The van der Waals surface area contributed by atoms with Crippen LogP contribution in [0.3, 0.4) is 0 Å². The van der Waals surface area contributed by atoms with Gasteiger partial charge < -0.3 is 15.3 Å². The van der Waals surface area contributed by atoms with Gasteiger partial charge in [0.05, 0.1) is 12.0 Å². The van der Waals surface area contributed by atoms with Gasteiger partial charge in [0.15, 0.2) is 0 Å². The van der Waals surface area contributed by atoms with Crippen molar-refractivity contribution in [2.24, 2.45) is 5.92 Å². The minimum atomic E-state index is -0.586. The lowest BCUT2D eigenvalue weighted by molar-refractivity contribution is -0.126. The molecule has 2 N–H and O–H groups in total. The Hall–Kier alpha value is -1.40. The van der Waals surface area contributed by atoms with Gasteiger partial charge in [-0.1, -0.05) is 22.0 Å². The molecule has 1 aliphatic heterocycles. The first kappa shape index (κ1) is 15.0. The highest BCUT2D eigenvalue weighted by Crippen LogP contribution is 2.27. The first-order chi connectivity index (χ1) is 9.47. The van der Waals surface area contributed by atoms with E-state index in [1.54, 1.807) is 11.8 Å². The molecule has 0 bridgehead atoms. The highest BCUT2D eigenvalue weighted by Gasteiger charge is 2.35. The van der Waals surface area contributed by atoms with Crippen LogP contribution in [0.1, 0.15) is 13.3 Å². The number of halogens is 1. The molecule has 0 saturated carbocycles. The van der Waals surface area contributed by atoms with Gasteiger partial charge in [0.25, 0.3) is 0 Å². The molecule has 1 aromatic carbocycles. The van der Waals surface area contributed by atoms with Crippen LogP contribution in [0, 0.1) is 5.92 Å². The van der Waals surface area contributed by atoms with Gasteiger partial charge in [0.2, 0.25) is 11.8 Å². The molecule has 1 heterocycles. The molecule has 2 atom stereocenters. The van der Waals surface area contributed by atoms with E-state index in [2.05, 4.69) is 21.2 Å². The van der Waals surface area contributed by atoms with Crippen molar-refractivity contribution in [3.63, 3.8) is 0 Å². The van der Waals surface area contributed by atoms with E-state index in [1.165, 1.54) is 0 Å². The van der Waals surface area contributed by atoms with Gasteiger partial charge in [-0.3, -0.25) is 9.59 Å². The lowest BCUT2D eigenvalue weighted by Gasteiger charge is -2.17. The van der Waals surface area contributed by atoms with Crippen LogP contribution < -0.4 is 10.2 Å². The zero-order chi connectivity index (χ0) is 14.7. The minimum absolute atomic E-state index is 0.0553. The molecule has 1 saturated heterocycles. The molecule has 20 heavy (non-hydrogen) atoms. The third-order valence-corrected chi connectivity index (χ3v) is 3.68. The Morgan fingerprint density at radius 3 is 3.00 bits per heavy atom. The van der Waals surface area contributed by atoms with Crippen LogP contribution in [-0.4, -0.2) is 36.1 Å². The SMILES string of the molecule is CC(O)CNC(=O)C1CC(=O)N(c2cccc(Br)c2)C1. The van der Waals surface area contributed by atoms with Gasteiger partial charge in [-0.25, -0.2) is 0 Å². The van der Waals surface area contributed by atoms with E-state index in [-0.39, 0.29) is 30.7 Å². The minimum Gasteiger partial charge on any atom is -0.392 e. The van der Waals surface area contributed by atoms with E-state index in [0.717, 1.165) is 10.2 Å². The second kappa shape index (κ2) is 6.37. The van der Waals surface area contributed by atoms with Crippen LogP contribution in [0.2, 0.25) is 0 Å². The van der Waals surface area contributed by atoms with Crippen LogP contribution >= 0.6 is 15.9 Å². The lowest BCUT2D eigenvalue weighted by Crippen LogP contribution is -2.36. The van der Waals surface area contributed by atoms with E-state index in [1.807, 2.05) is 24.3 Å². The quantitative estimate of drug-likeness (QED) is 0.867. The molecule has 1 aliphatic rings. The molecule has 6 heteroatoms. The molecule has 0 aromatic heterocycles. The fraction of sp³-hybridized carbons (Fsp3) is 0.429. The van der Waals surface area contributed by atoms with E-state index >= 15 is 0 Å². The maximum absolute atomic E-state index is 12.0. The van der Waals surface area contributed by atoms with Crippen molar-refractivity contribution < 1.29 is 14.7 Å². The molecule has 0 aliphatic carbocycles. The third-order valence-electron chi connectivity index (χ3n) is 3.19. The number of hydrogen-bond donors (Lipinski definition) is 2. The van der Waals surface area contributed by atoms with Gasteiger partial charge in [-0.2, -0.15) is 0 Å². The first-order valence-electron chi connectivity index (χ1n) is 6.49. The number of rotatable bonds is 4. The fourth-order valence-electron chi connectivity index (χ4n) is 2.17. The number of hydrogen-bond acceptors (Lipinski definition) is 3. The molecule has 0 radical (unpaired) electrons. The molecule has 108 valence electrons. The number of anilines is 1. The molecule has 2 amide bonds. The predicted octanol–water partition coefficient (Wildman–Crippen LogP) is 1.30. The molecule has 0 spiro atoms. The van der Waals surface area contributed by atoms with Crippen molar-refractivity contribution in [1.82, 2.24) is 5.32 Å². The summed E-state index contributed by atoms with van der Waals surface area (Å²) in [7, 11) is 0. The monoisotopic (exact) mass is 340 g/mol. The number of aliphatic hydroxyl groups is 1. The predicted molar refractivity (Wildman–Crippen MR) is 79.3 cm³/mol. The van der Waals surface area contributed by atoms with Gasteiger partial charge in [0.1, 0.15) is 0 Å². The second-order valence-electron chi connectivity index (χ2n) is 4.98. The average molecular weight is 341 g/mol. The number of amides is 2. The van der Waals surface area contributed by atoms with Crippen LogP contribution in [-0.2, 0) is 9.59 Å². The third kappa shape index (κ3) is 3.58. The van der Waals surface area contributed by atoms with Crippen LogP contribution in [0.25, 0.3) is 0 Å². The standard InChI is InChI=1S/C14H17BrN2O3/c1-9(18)7-16-14(20)10-5-13(19)17(8-10)12-4-2-3-11(15)6-12/h2-4,6,9-10,18H,5,7-8H2,1H3,(H,16,20). The average Bonchev–Trinajstić information content (AvgIpc) is 2.78. The molecular weight excluding hydrogens is 324 g/mol. The topological polar surface area (TPSA) is 69.6 Å². The normalized spacial score (nSPS) is 20.1. The summed E-state index contributed by atoms with van der Waals surface area (Å²) >= 11 is 3.37. The smallest absolute Gasteiger partial charge is 0.227 e. The number of carbonyl (C=O) groups is 2. The molecule has 1 aromatic rings. The van der Waals surface area contributed by atoms with Crippen LogP contribution in [0.5, 0.6) is 0 Å². The largest absolute Gasteiger partial charge is 0.392 e. The Morgan fingerprint density at radius 2 is 2.35 bits per heavy atom. The Bertz CT molecular complexity index is 519. The van der Waals surface area contributed by atoms with E-state index < -0.39 is 6.10 Å². The molecular formula is C14H17BrN2O3. The number of aliphatic hydroxyl groups excluding tert-OH is 1. The lowest BCUT2D eigenvalue weighted by atomic mass is 10.1. The van der Waals surface area contributed by atoms with E-state index in [9.17, 15) is 9.59 Å². The Kier molecular flexibility index (Phi) is 4.77. The van der Waals surface area contributed by atoms with Gasteiger partial charge in [-0.15, -0.1) is 0 Å². The first-order valence-corrected chi connectivity index (χ1v) is 7.28. The Labute approximate surface area is 126 Å². The zero-order valence-corrected chi connectivity index (χ0v) is 12.8. The fourth-order valence-corrected chi connectivity index (χ4v) is 2.56. The van der Waals surface area contributed by atoms with Gasteiger partial charge >= 0.3 is 0 Å². The molecule has 2 unspecified atom stereocenters. The molecule has 5 nitrogen and oxygen atoms in total. The van der Waals surface area contributed by atoms with Crippen LogP contribution in [0.15, 0.2) is 28.7 Å². The van der Waals surface area contributed by atoms with Crippen molar-refractivity contribution >= 4 is 33.4 Å². The highest BCUT2D eigenvalue weighted by molar-refractivity contribution is 9.10. The van der Waals surface area contributed by atoms with Crippen molar-refractivity contribution in [3.05, 3.63) is 28.7 Å². The van der Waals surface area contributed by atoms with Crippen molar-refractivity contribution in [2.75, 3.05) is 18.0 Å². The van der Waals surface area contributed by atoms with Crippen molar-refractivity contribution in [2.45, 2.75) is 19.4 Å². The number of nitrogens with zero attached hydrogens (tertiary/aromatic N) is 1. The summed E-state index contributed by atoms with van der Waals surface area (Å²) in [5.41, 5.74) is 0.787. The van der Waals surface area contributed by atoms with Crippen LogP contribution in [0.4, 0.5) is 5.69 Å². The van der Waals surface area contributed by atoms with E-state index in [4.69, 9.17) is 5.11 Å². The highest BCUT2D eigenvalue weighted by atomic mass is 79.9. The molecule has 2 rings (SSSR count). The summed E-state index contributed by atoms with van der Waals surface area (Å²) in [5, 5.41) is 11.8. The maximum Gasteiger partial charge on any atom is 0.227 e. The second-order valence-corrected chi connectivity index (χ2v) is 5.90. The summed E-state index contributed by atoms with van der Waals surface area (Å²) in [6.07, 6.45) is -0.379. The van der Waals surface area contributed by atoms with Crippen molar-refractivity contribution in [3.8, 4) is 0 Å². The summed E-state index contributed by atoms with van der Waals surface area (Å²) in [5.74, 6) is -0.600. The number of nitrogens with one attached hydrogen (secondary N) is 1. The summed E-state index contributed by atoms with van der Waals surface area (Å²) in [6, 6.07) is 7.44. The number of carbonyl (C=O) groups excluding carboxylic acids is 2. The zero-order valence-electron chi connectivity index (χ0n) is 11.2. The number of benzene rings is 1. The summed E-state index contributed by atoms with van der Waals surface area (Å²) in [4.78, 5) is 25.6. The van der Waals surface area contributed by atoms with E-state index in [0.29, 0.717) is 6.54 Å². The Morgan fingerprint density at radius 1 is 1.60 bits per heavy atom. The Balaban J connectivity index is 2.02. The maximum atomic E-state index is 12.0. The summed E-state index contributed by atoms with van der Waals surface area (Å²) < 4.78 is 0.893.